The molecular weight excluding hydrogens is 452 g/mol. The Morgan fingerprint density at radius 2 is 1.88 bits per heavy atom. The van der Waals surface area contributed by atoms with Gasteiger partial charge in [-0.1, -0.05) is 12.1 Å². The molecule has 4 rings (SSSR count). The molecule has 33 heavy (non-hydrogen) atoms. The summed E-state index contributed by atoms with van der Waals surface area (Å²) in [6.45, 7) is -1.39. The third-order valence-electron chi connectivity index (χ3n) is 5.01. The monoisotopic (exact) mass is 468 g/mol. The first-order valence-corrected chi connectivity index (χ1v) is 9.63. The lowest BCUT2D eigenvalue weighted by Crippen LogP contribution is -2.36. The van der Waals surface area contributed by atoms with Crippen molar-refractivity contribution in [3.05, 3.63) is 52.2 Å². The molecule has 0 spiro atoms. The molecule has 12 heteroatoms. The molecule has 8 nitrogen and oxygen atoms in total. The summed E-state index contributed by atoms with van der Waals surface area (Å²) >= 11 is 0. The average molecular weight is 468 g/mol. The number of nitrogens with one attached hydrogen (secondary N) is 1. The van der Waals surface area contributed by atoms with Crippen molar-refractivity contribution in [2.75, 3.05) is 31.2 Å². The maximum Gasteiger partial charge on any atom is 0.511 e. The lowest BCUT2D eigenvalue weighted by atomic mass is 10.1. The van der Waals surface area contributed by atoms with E-state index in [9.17, 15) is 27.2 Å². The summed E-state index contributed by atoms with van der Waals surface area (Å²) in [5.74, 6) is -5.32. The summed E-state index contributed by atoms with van der Waals surface area (Å²) in [7, 11) is 0. The van der Waals surface area contributed by atoms with Crippen molar-refractivity contribution >= 4 is 22.7 Å². The van der Waals surface area contributed by atoms with Crippen LogP contribution in [-0.4, -0.2) is 49.2 Å². The van der Waals surface area contributed by atoms with E-state index in [2.05, 4.69) is 14.5 Å². The molecule has 2 N–H and O–H groups in total. The van der Waals surface area contributed by atoms with Crippen molar-refractivity contribution in [2.24, 2.45) is 0 Å². The summed E-state index contributed by atoms with van der Waals surface area (Å²) < 4.78 is 68.1. The summed E-state index contributed by atoms with van der Waals surface area (Å²) in [6, 6.07) is 6.94. The standard InChI is InChI=1S/C21H16F4N2O6/c22-13-9-12-16(18(14(13)23)32-20(24)25)26-15(19(17(12)28)33-21(29)30)10-2-1-3-11(8-10)27-4-6-31-7-5-27/h1-3,8-9,20H,4-7H2,(H,26,28)(H,29,30). The van der Waals surface area contributed by atoms with Gasteiger partial charge in [0.15, 0.2) is 11.6 Å². The van der Waals surface area contributed by atoms with Gasteiger partial charge in [0.2, 0.25) is 17.0 Å². The van der Waals surface area contributed by atoms with E-state index in [-0.39, 0.29) is 11.3 Å². The van der Waals surface area contributed by atoms with Gasteiger partial charge in [0.1, 0.15) is 0 Å². The summed E-state index contributed by atoms with van der Waals surface area (Å²) in [5.41, 5.74) is -1.04. The Bertz CT molecular complexity index is 1270. The Morgan fingerprint density at radius 3 is 2.55 bits per heavy atom. The largest absolute Gasteiger partial charge is 0.511 e. The van der Waals surface area contributed by atoms with Gasteiger partial charge in [0, 0.05) is 24.3 Å². The first-order chi connectivity index (χ1) is 15.8. The first kappa shape index (κ1) is 22.4. The minimum absolute atomic E-state index is 0.238. The summed E-state index contributed by atoms with van der Waals surface area (Å²) in [6.07, 6.45) is -1.84. The van der Waals surface area contributed by atoms with Crippen LogP contribution >= 0.6 is 0 Å². The fraction of sp³-hybridized carbons (Fsp3) is 0.238. The fourth-order valence-electron chi connectivity index (χ4n) is 3.59. The van der Waals surface area contributed by atoms with Crippen molar-refractivity contribution in [3.63, 3.8) is 0 Å². The van der Waals surface area contributed by atoms with Crippen LogP contribution in [-0.2, 0) is 4.74 Å². The van der Waals surface area contributed by atoms with Gasteiger partial charge >= 0.3 is 12.8 Å². The molecule has 1 aliphatic heterocycles. The van der Waals surface area contributed by atoms with Crippen LogP contribution < -0.4 is 19.8 Å². The molecule has 2 heterocycles. The highest BCUT2D eigenvalue weighted by Gasteiger charge is 2.25. The molecule has 0 radical (unpaired) electrons. The van der Waals surface area contributed by atoms with Gasteiger partial charge < -0.3 is 29.2 Å². The Balaban J connectivity index is 1.97. The number of ether oxygens (including phenoxy) is 3. The minimum atomic E-state index is -3.52. The third kappa shape index (κ3) is 4.42. The van der Waals surface area contributed by atoms with Crippen molar-refractivity contribution in [3.8, 4) is 22.8 Å². The second-order valence-corrected chi connectivity index (χ2v) is 6.98. The van der Waals surface area contributed by atoms with Gasteiger partial charge in [-0.25, -0.2) is 9.18 Å². The van der Waals surface area contributed by atoms with Crippen molar-refractivity contribution in [1.29, 1.82) is 0 Å². The molecule has 3 aromatic rings. The van der Waals surface area contributed by atoms with Crippen LogP contribution in [0.5, 0.6) is 11.5 Å². The Kier molecular flexibility index (Phi) is 6.09. The number of aromatic amines is 1. The Morgan fingerprint density at radius 1 is 1.15 bits per heavy atom. The topological polar surface area (TPSA) is 101 Å². The van der Waals surface area contributed by atoms with Gasteiger partial charge in [0.05, 0.1) is 29.8 Å². The maximum atomic E-state index is 14.3. The van der Waals surface area contributed by atoms with Crippen molar-refractivity contribution in [2.45, 2.75) is 6.61 Å². The fourth-order valence-corrected chi connectivity index (χ4v) is 3.59. The zero-order valence-electron chi connectivity index (χ0n) is 16.7. The molecule has 1 aliphatic rings. The molecule has 1 fully saturated rings. The number of hydrogen-bond donors (Lipinski definition) is 2. The number of benzene rings is 2. The van der Waals surface area contributed by atoms with E-state index in [1.165, 1.54) is 6.07 Å². The number of alkyl halides is 2. The summed E-state index contributed by atoms with van der Waals surface area (Å²) in [5, 5.41) is 8.48. The second kappa shape index (κ2) is 8.98. The minimum Gasteiger partial charge on any atom is -0.449 e. The van der Waals surface area contributed by atoms with E-state index in [4.69, 9.17) is 9.84 Å². The lowest BCUT2D eigenvalue weighted by molar-refractivity contribution is -0.0515. The number of rotatable bonds is 5. The maximum absolute atomic E-state index is 14.3. The number of morpholine rings is 1. The van der Waals surface area contributed by atoms with Gasteiger partial charge in [0.25, 0.3) is 0 Å². The van der Waals surface area contributed by atoms with Crippen molar-refractivity contribution < 1.29 is 41.7 Å². The van der Waals surface area contributed by atoms with Gasteiger partial charge in [-0.2, -0.15) is 13.2 Å². The Hall–Kier alpha value is -3.80. The third-order valence-corrected chi connectivity index (χ3v) is 5.01. The number of fused-ring (bicyclic) bond motifs is 1. The van der Waals surface area contributed by atoms with Crippen LogP contribution in [0.3, 0.4) is 0 Å². The predicted molar refractivity (Wildman–Crippen MR) is 108 cm³/mol. The average Bonchev–Trinajstić information content (AvgIpc) is 2.79. The number of pyridine rings is 1. The van der Waals surface area contributed by atoms with Crippen LogP contribution in [0.15, 0.2) is 35.1 Å². The number of halogens is 4. The highest BCUT2D eigenvalue weighted by Crippen LogP contribution is 2.36. The molecule has 0 bridgehead atoms. The number of H-pyrrole nitrogens is 1. The van der Waals surface area contributed by atoms with Gasteiger partial charge in [-0.15, -0.1) is 0 Å². The first-order valence-electron chi connectivity index (χ1n) is 9.63. The number of hydrogen-bond acceptors (Lipinski definition) is 6. The molecule has 0 unspecified atom stereocenters. The smallest absolute Gasteiger partial charge is 0.449 e. The molecule has 1 aromatic heterocycles. The number of nitrogens with zero attached hydrogens (tertiary/aromatic N) is 1. The zero-order valence-corrected chi connectivity index (χ0v) is 16.7. The molecule has 0 atom stereocenters. The number of anilines is 1. The van der Waals surface area contributed by atoms with Crippen LogP contribution in [0.4, 0.5) is 28.0 Å². The van der Waals surface area contributed by atoms with Crippen molar-refractivity contribution in [1.82, 2.24) is 4.98 Å². The Labute approximate surface area is 182 Å². The lowest BCUT2D eigenvalue weighted by Gasteiger charge is -2.29. The van der Waals surface area contributed by atoms with Crippen LogP contribution in [0.2, 0.25) is 0 Å². The number of carbonyl (C=O) groups is 1. The van der Waals surface area contributed by atoms with Gasteiger partial charge in [-0.05, 0) is 18.2 Å². The van der Waals surface area contributed by atoms with E-state index in [0.717, 1.165) is 0 Å². The van der Waals surface area contributed by atoms with E-state index in [1.807, 2.05) is 4.90 Å². The van der Waals surface area contributed by atoms with Gasteiger partial charge in [-0.3, -0.25) is 4.79 Å². The molecule has 0 saturated carbocycles. The van der Waals surface area contributed by atoms with E-state index in [1.54, 1.807) is 18.2 Å². The zero-order chi connectivity index (χ0) is 23.7. The highest BCUT2D eigenvalue weighted by molar-refractivity contribution is 5.90. The molecule has 0 aliphatic carbocycles. The number of carboxylic acid groups (broad SMARTS) is 1. The number of aromatic nitrogens is 1. The van der Waals surface area contributed by atoms with E-state index in [0.29, 0.717) is 38.1 Å². The van der Waals surface area contributed by atoms with Crippen LogP contribution in [0, 0.1) is 11.6 Å². The van der Waals surface area contributed by atoms with Crippen LogP contribution in [0.25, 0.3) is 22.2 Å². The molecular formula is C21H16F4N2O6. The molecule has 1 saturated heterocycles. The predicted octanol–water partition coefficient (Wildman–Crippen LogP) is 3.97. The molecule has 174 valence electrons. The quantitative estimate of drug-likeness (QED) is 0.432. The summed E-state index contributed by atoms with van der Waals surface area (Å²) in [4.78, 5) is 28.7. The SMILES string of the molecule is O=C(O)Oc1c(-c2cccc(N3CCOCC3)c2)[nH]c2c(OC(F)F)c(F)c(F)cc2c1=O. The van der Waals surface area contributed by atoms with E-state index < -0.39 is 52.2 Å². The normalized spacial score (nSPS) is 14.0. The molecule has 2 aromatic carbocycles. The second-order valence-electron chi connectivity index (χ2n) is 6.98. The van der Waals surface area contributed by atoms with Crippen LogP contribution in [0.1, 0.15) is 0 Å². The molecule has 0 amide bonds. The highest BCUT2D eigenvalue weighted by atomic mass is 19.3. The van der Waals surface area contributed by atoms with E-state index >= 15 is 0 Å².